The predicted octanol–water partition coefficient (Wildman–Crippen LogP) is 2.73. The summed E-state index contributed by atoms with van der Waals surface area (Å²) in [6, 6.07) is 12.3. The van der Waals surface area contributed by atoms with Crippen LogP contribution in [-0.2, 0) is 27.9 Å². The number of nitrogens with zero attached hydrogens (tertiary/aromatic N) is 1. The lowest BCUT2D eigenvalue weighted by atomic mass is 10.1. The van der Waals surface area contributed by atoms with E-state index in [0.29, 0.717) is 11.4 Å². The second-order valence-electron chi connectivity index (χ2n) is 7.17. The van der Waals surface area contributed by atoms with E-state index < -0.39 is 10.0 Å². The lowest BCUT2D eigenvalue weighted by Gasteiger charge is -2.15. The van der Waals surface area contributed by atoms with Crippen LogP contribution in [0.15, 0.2) is 47.4 Å². The molecule has 7 nitrogen and oxygen atoms in total. The van der Waals surface area contributed by atoms with E-state index in [1.54, 1.807) is 0 Å². The molecule has 0 atom stereocenters. The topological polar surface area (TPSA) is 87.7 Å². The van der Waals surface area contributed by atoms with Crippen molar-refractivity contribution < 1.29 is 17.9 Å². The van der Waals surface area contributed by atoms with Crippen LogP contribution in [-0.4, -0.2) is 39.4 Å². The van der Waals surface area contributed by atoms with Gasteiger partial charge in [-0.2, -0.15) is 0 Å². The number of rotatable bonds is 8. The van der Waals surface area contributed by atoms with Gasteiger partial charge < -0.3 is 10.1 Å². The fourth-order valence-electron chi connectivity index (χ4n) is 3.44. The molecule has 0 aliphatic carbocycles. The summed E-state index contributed by atoms with van der Waals surface area (Å²) >= 11 is 0. The summed E-state index contributed by atoms with van der Waals surface area (Å²) in [6.45, 7) is 4.67. The summed E-state index contributed by atoms with van der Waals surface area (Å²) in [5, 5.41) is 2.59. The van der Waals surface area contributed by atoms with Crippen LogP contribution in [0.5, 0.6) is 5.75 Å². The molecule has 0 unspecified atom stereocenters. The number of methoxy groups -OCH3 is 1. The van der Waals surface area contributed by atoms with Crippen molar-refractivity contribution in [2.75, 3.05) is 25.5 Å². The Balaban J connectivity index is 1.70. The molecule has 1 aliphatic rings. The van der Waals surface area contributed by atoms with Crippen molar-refractivity contribution in [2.24, 2.45) is 0 Å². The van der Waals surface area contributed by atoms with Gasteiger partial charge in [0.05, 0.1) is 17.7 Å². The van der Waals surface area contributed by atoms with E-state index in [1.165, 1.54) is 50.6 Å². The Labute approximate surface area is 172 Å². The third-order valence-corrected chi connectivity index (χ3v) is 6.25. The van der Waals surface area contributed by atoms with Crippen LogP contribution in [0.4, 0.5) is 5.69 Å². The molecule has 1 heterocycles. The van der Waals surface area contributed by atoms with Crippen molar-refractivity contribution in [3.05, 3.63) is 53.6 Å². The molecule has 0 saturated carbocycles. The molecule has 2 aromatic carbocycles. The number of sulfonamides is 1. The van der Waals surface area contributed by atoms with Crippen LogP contribution in [0, 0.1) is 0 Å². The molecule has 0 spiro atoms. The maximum Gasteiger partial charge on any atom is 0.240 e. The van der Waals surface area contributed by atoms with Gasteiger partial charge in [0.25, 0.3) is 0 Å². The van der Waals surface area contributed by atoms with Crippen molar-refractivity contribution >= 4 is 21.6 Å². The van der Waals surface area contributed by atoms with Crippen molar-refractivity contribution in [2.45, 2.75) is 37.8 Å². The predicted molar refractivity (Wildman–Crippen MR) is 112 cm³/mol. The average Bonchev–Trinajstić information content (AvgIpc) is 3.19. The lowest BCUT2D eigenvalue weighted by Crippen LogP contribution is -2.24. The number of anilines is 1. The van der Waals surface area contributed by atoms with Gasteiger partial charge in [0, 0.05) is 20.0 Å². The zero-order valence-corrected chi connectivity index (χ0v) is 17.6. The molecule has 1 aliphatic heterocycles. The Morgan fingerprint density at radius 1 is 1.10 bits per heavy atom. The maximum absolute atomic E-state index is 12.7. The highest BCUT2D eigenvalue weighted by molar-refractivity contribution is 7.89. The van der Waals surface area contributed by atoms with Gasteiger partial charge >= 0.3 is 0 Å². The molecule has 3 rings (SSSR count). The summed E-state index contributed by atoms with van der Waals surface area (Å²) < 4.78 is 33.3. The van der Waals surface area contributed by atoms with E-state index >= 15 is 0 Å². The van der Waals surface area contributed by atoms with Crippen LogP contribution >= 0.6 is 0 Å². The fourth-order valence-corrected chi connectivity index (χ4v) is 4.48. The highest BCUT2D eigenvalue weighted by atomic mass is 32.2. The SMILES string of the molecule is COc1ccc(S(=O)(=O)NCc2cccc(CN3CCCC3)c2)cc1NC(C)=O. The van der Waals surface area contributed by atoms with Crippen LogP contribution in [0.3, 0.4) is 0 Å². The molecule has 1 amide bonds. The minimum Gasteiger partial charge on any atom is -0.495 e. The van der Waals surface area contributed by atoms with Gasteiger partial charge in [0.1, 0.15) is 5.75 Å². The number of benzene rings is 2. The molecule has 2 N–H and O–H groups in total. The van der Waals surface area contributed by atoms with Gasteiger partial charge in [0.2, 0.25) is 15.9 Å². The Kier molecular flexibility index (Phi) is 6.89. The highest BCUT2D eigenvalue weighted by Gasteiger charge is 2.17. The number of ether oxygens (including phenoxy) is 1. The van der Waals surface area contributed by atoms with Crippen LogP contribution < -0.4 is 14.8 Å². The molecule has 0 bridgehead atoms. The van der Waals surface area contributed by atoms with E-state index in [1.807, 2.05) is 18.2 Å². The van der Waals surface area contributed by atoms with Gasteiger partial charge in [-0.3, -0.25) is 9.69 Å². The number of hydrogen-bond acceptors (Lipinski definition) is 5. The molecule has 0 aromatic heterocycles. The third kappa shape index (κ3) is 5.79. The quantitative estimate of drug-likeness (QED) is 0.690. The van der Waals surface area contributed by atoms with Crippen LogP contribution in [0.25, 0.3) is 0 Å². The number of amides is 1. The number of carbonyl (C=O) groups is 1. The monoisotopic (exact) mass is 417 g/mol. The van der Waals surface area contributed by atoms with Gasteiger partial charge in [-0.25, -0.2) is 13.1 Å². The standard InChI is InChI=1S/C21H27N3O4S/c1-16(25)23-20-13-19(8-9-21(20)28-2)29(26,27)22-14-17-6-5-7-18(12-17)15-24-10-3-4-11-24/h5-9,12-13,22H,3-4,10-11,14-15H2,1-2H3,(H,23,25). The normalized spacial score (nSPS) is 14.7. The molecular formula is C21H27N3O4S. The zero-order chi connectivity index (χ0) is 20.9. The van der Waals surface area contributed by atoms with Crippen molar-refractivity contribution in [1.29, 1.82) is 0 Å². The lowest BCUT2D eigenvalue weighted by molar-refractivity contribution is -0.114. The van der Waals surface area contributed by atoms with E-state index in [4.69, 9.17) is 4.74 Å². The molecule has 156 valence electrons. The van der Waals surface area contributed by atoms with E-state index in [0.717, 1.165) is 25.2 Å². The van der Waals surface area contributed by atoms with Gasteiger partial charge in [-0.15, -0.1) is 0 Å². The smallest absolute Gasteiger partial charge is 0.240 e. The highest BCUT2D eigenvalue weighted by Crippen LogP contribution is 2.27. The Morgan fingerprint density at radius 2 is 1.83 bits per heavy atom. The summed E-state index contributed by atoms with van der Waals surface area (Å²) in [5.41, 5.74) is 2.40. The van der Waals surface area contributed by atoms with Crippen molar-refractivity contribution in [1.82, 2.24) is 9.62 Å². The van der Waals surface area contributed by atoms with Gasteiger partial charge in [0.15, 0.2) is 0 Å². The largest absolute Gasteiger partial charge is 0.495 e. The molecular weight excluding hydrogens is 390 g/mol. The minimum absolute atomic E-state index is 0.0651. The minimum atomic E-state index is -3.74. The number of carbonyl (C=O) groups excluding carboxylic acids is 1. The third-order valence-electron chi connectivity index (χ3n) is 4.85. The zero-order valence-electron chi connectivity index (χ0n) is 16.8. The second-order valence-corrected chi connectivity index (χ2v) is 8.94. The summed E-state index contributed by atoms with van der Waals surface area (Å²) in [7, 11) is -2.28. The second kappa shape index (κ2) is 9.39. The maximum atomic E-state index is 12.7. The Hall–Kier alpha value is -2.42. The number of nitrogens with one attached hydrogen (secondary N) is 2. The number of hydrogen-bond donors (Lipinski definition) is 2. The van der Waals surface area contributed by atoms with Gasteiger partial charge in [-0.1, -0.05) is 24.3 Å². The Bertz CT molecular complexity index is 970. The van der Waals surface area contributed by atoms with Crippen molar-refractivity contribution in [3.63, 3.8) is 0 Å². The summed E-state index contributed by atoms with van der Waals surface area (Å²) in [6.07, 6.45) is 2.48. The first-order chi connectivity index (χ1) is 13.9. The molecule has 1 fully saturated rings. The van der Waals surface area contributed by atoms with Crippen LogP contribution in [0.2, 0.25) is 0 Å². The van der Waals surface area contributed by atoms with Crippen molar-refractivity contribution in [3.8, 4) is 5.75 Å². The van der Waals surface area contributed by atoms with Crippen LogP contribution in [0.1, 0.15) is 30.9 Å². The Morgan fingerprint density at radius 3 is 2.52 bits per heavy atom. The fraction of sp³-hybridized carbons (Fsp3) is 0.381. The van der Waals surface area contributed by atoms with E-state index in [9.17, 15) is 13.2 Å². The first-order valence-corrected chi connectivity index (χ1v) is 11.1. The van der Waals surface area contributed by atoms with Gasteiger partial charge in [-0.05, 0) is 55.3 Å². The average molecular weight is 418 g/mol. The molecule has 29 heavy (non-hydrogen) atoms. The molecule has 2 aromatic rings. The van der Waals surface area contributed by atoms with E-state index in [2.05, 4.69) is 21.0 Å². The number of likely N-dealkylation sites (tertiary alicyclic amines) is 1. The molecule has 1 saturated heterocycles. The van der Waals surface area contributed by atoms with E-state index in [-0.39, 0.29) is 17.3 Å². The molecule has 8 heteroatoms. The summed E-state index contributed by atoms with van der Waals surface area (Å²) in [4.78, 5) is 13.8. The summed E-state index contributed by atoms with van der Waals surface area (Å²) in [5.74, 6) is 0.0920. The first kappa shape index (κ1) is 21.3. The first-order valence-electron chi connectivity index (χ1n) is 9.63. The molecule has 0 radical (unpaired) electrons.